The minimum atomic E-state index is 0.281. The van der Waals surface area contributed by atoms with Crippen molar-refractivity contribution in [3.63, 3.8) is 0 Å². The molecular formula is C16H33N3. The molecule has 0 bridgehead atoms. The van der Waals surface area contributed by atoms with Gasteiger partial charge in [0.2, 0.25) is 0 Å². The van der Waals surface area contributed by atoms with Gasteiger partial charge in [-0.15, -0.1) is 0 Å². The minimum absolute atomic E-state index is 0.281. The van der Waals surface area contributed by atoms with E-state index >= 15 is 0 Å². The van der Waals surface area contributed by atoms with Crippen LogP contribution >= 0.6 is 0 Å². The van der Waals surface area contributed by atoms with E-state index in [2.05, 4.69) is 30.6 Å². The van der Waals surface area contributed by atoms with Crippen LogP contribution in [-0.4, -0.2) is 54.1 Å². The predicted octanol–water partition coefficient (Wildman–Crippen LogP) is 2.31. The average Bonchev–Trinajstić information content (AvgIpc) is 2.61. The van der Waals surface area contributed by atoms with Crippen molar-refractivity contribution < 1.29 is 0 Å². The standard InChI is InChI=1S/C16H33N3/c1-4-18-9-5-7-16(13-17,8-11-18)19-10-6-14(2)12-15(19)3/h14-15H,4-13,17H2,1-3H3. The summed E-state index contributed by atoms with van der Waals surface area (Å²) < 4.78 is 0. The molecule has 2 fully saturated rings. The van der Waals surface area contributed by atoms with Crippen LogP contribution in [0.25, 0.3) is 0 Å². The third-order valence-electron chi connectivity index (χ3n) is 5.58. The zero-order valence-corrected chi connectivity index (χ0v) is 13.2. The normalized spacial score (nSPS) is 39.2. The van der Waals surface area contributed by atoms with Crippen molar-refractivity contribution in [1.82, 2.24) is 9.80 Å². The van der Waals surface area contributed by atoms with Crippen LogP contribution in [0.4, 0.5) is 0 Å². The van der Waals surface area contributed by atoms with Crippen LogP contribution in [0.1, 0.15) is 52.9 Å². The molecule has 2 heterocycles. The first-order valence-electron chi connectivity index (χ1n) is 8.30. The molecule has 2 aliphatic rings. The number of hydrogen-bond donors (Lipinski definition) is 1. The van der Waals surface area contributed by atoms with Crippen LogP contribution in [-0.2, 0) is 0 Å². The van der Waals surface area contributed by atoms with Crippen molar-refractivity contribution in [3.8, 4) is 0 Å². The van der Waals surface area contributed by atoms with Crippen LogP contribution in [0.15, 0.2) is 0 Å². The largest absolute Gasteiger partial charge is 0.329 e. The van der Waals surface area contributed by atoms with Gasteiger partial charge in [-0.05, 0) is 71.1 Å². The Bertz CT molecular complexity index is 281. The molecule has 2 N–H and O–H groups in total. The van der Waals surface area contributed by atoms with Gasteiger partial charge in [0.05, 0.1) is 0 Å². The monoisotopic (exact) mass is 267 g/mol. The van der Waals surface area contributed by atoms with E-state index in [1.165, 1.54) is 58.3 Å². The number of rotatable bonds is 3. The number of piperidine rings is 1. The Hall–Kier alpha value is -0.120. The first kappa shape index (κ1) is 15.3. The van der Waals surface area contributed by atoms with E-state index < -0.39 is 0 Å². The van der Waals surface area contributed by atoms with Crippen molar-refractivity contribution in [3.05, 3.63) is 0 Å². The predicted molar refractivity (Wildman–Crippen MR) is 82.3 cm³/mol. The Morgan fingerprint density at radius 1 is 1.16 bits per heavy atom. The lowest BCUT2D eigenvalue weighted by molar-refractivity contribution is 0.00526. The van der Waals surface area contributed by atoms with Gasteiger partial charge in [-0.3, -0.25) is 4.90 Å². The molecule has 0 aromatic rings. The van der Waals surface area contributed by atoms with Gasteiger partial charge in [-0.1, -0.05) is 13.8 Å². The van der Waals surface area contributed by atoms with Crippen molar-refractivity contribution in [2.75, 3.05) is 32.7 Å². The molecule has 0 saturated carbocycles. The van der Waals surface area contributed by atoms with E-state index in [1.807, 2.05) is 0 Å². The van der Waals surface area contributed by atoms with Gasteiger partial charge >= 0.3 is 0 Å². The fourth-order valence-corrected chi connectivity index (χ4v) is 4.27. The summed E-state index contributed by atoms with van der Waals surface area (Å²) in [5, 5.41) is 0. The molecule has 0 radical (unpaired) electrons. The Kier molecular flexibility index (Phi) is 5.27. The van der Waals surface area contributed by atoms with Gasteiger partial charge in [0, 0.05) is 18.1 Å². The third-order valence-corrected chi connectivity index (χ3v) is 5.58. The molecule has 3 unspecified atom stereocenters. The maximum absolute atomic E-state index is 6.26. The molecule has 3 heteroatoms. The van der Waals surface area contributed by atoms with E-state index in [-0.39, 0.29) is 5.54 Å². The molecule has 0 aromatic heterocycles. The first-order valence-corrected chi connectivity index (χ1v) is 8.30. The molecule has 2 rings (SSSR count). The van der Waals surface area contributed by atoms with Gasteiger partial charge in [-0.25, -0.2) is 0 Å². The average molecular weight is 267 g/mol. The minimum Gasteiger partial charge on any atom is -0.329 e. The van der Waals surface area contributed by atoms with Crippen molar-refractivity contribution in [2.45, 2.75) is 64.5 Å². The van der Waals surface area contributed by atoms with Gasteiger partial charge in [-0.2, -0.15) is 0 Å². The Balaban J connectivity index is 2.08. The van der Waals surface area contributed by atoms with Gasteiger partial charge < -0.3 is 10.6 Å². The topological polar surface area (TPSA) is 32.5 Å². The molecule has 0 amide bonds. The number of likely N-dealkylation sites (tertiary alicyclic amines) is 2. The van der Waals surface area contributed by atoms with Crippen LogP contribution in [0.3, 0.4) is 0 Å². The summed E-state index contributed by atoms with van der Waals surface area (Å²) in [7, 11) is 0. The lowest BCUT2D eigenvalue weighted by atomic mass is 9.82. The first-order chi connectivity index (χ1) is 9.11. The second-order valence-corrected chi connectivity index (χ2v) is 6.89. The molecule has 112 valence electrons. The third kappa shape index (κ3) is 3.32. The highest BCUT2D eigenvalue weighted by atomic mass is 15.3. The Morgan fingerprint density at radius 2 is 1.95 bits per heavy atom. The fraction of sp³-hybridized carbons (Fsp3) is 1.00. The summed E-state index contributed by atoms with van der Waals surface area (Å²) in [5.41, 5.74) is 6.54. The van der Waals surface area contributed by atoms with Gasteiger partial charge in [0.25, 0.3) is 0 Å². The summed E-state index contributed by atoms with van der Waals surface area (Å²) in [6.07, 6.45) is 6.56. The fourth-order valence-electron chi connectivity index (χ4n) is 4.27. The summed E-state index contributed by atoms with van der Waals surface area (Å²) in [4.78, 5) is 5.36. The molecule has 2 aliphatic heterocycles. The van der Waals surface area contributed by atoms with Crippen LogP contribution in [0.2, 0.25) is 0 Å². The van der Waals surface area contributed by atoms with E-state index in [0.29, 0.717) is 6.04 Å². The summed E-state index contributed by atoms with van der Waals surface area (Å²) in [6, 6.07) is 0.709. The van der Waals surface area contributed by atoms with Crippen LogP contribution in [0, 0.1) is 5.92 Å². The SMILES string of the molecule is CCN1CCCC(CN)(N2CCC(C)CC2C)CC1. The van der Waals surface area contributed by atoms with Crippen LogP contribution in [0.5, 0.6) is 0 Å². The van der Waals surface area contributed by atoms with Crippen molar-refractivity contribution in [1.29, 1.82) is 0 Å². The number of hydrogen-bond acceptors (Lipinski definition) is 3. The maximum Gasteiger partial charge on any atom is 0.0347 e. The van der Waals surface area contributed by atoms with Gasteiger partial charge in [0.15, 0.2) is 0 Å². The number of nitrogens with zero attached hydrogens (tertiary/aromatic N) is 2. The zero-order valence-electron chi connectivity index (χ0n) is 13.2. The molecular weight excluding hydrogens is 234 g/mol. The van der Waals surface area contributed by atoms with Crippen molar-refractivity contribution in [2.24, 2.45) is 11.7 Å². The second-order valence-electron chi connectivity index (χ2n) is 6.89. The molecule has 2 saturated heterocycles. The van der Waals surface area contributed by atoms with Gasteiger partial charge in [0.1, 0.15) is 0 Å². The molecule has 0 spiro atoms. The van der Waals surface area contributed by atoms with E-state index in [4.69, 9.17) is 5.73 Å². The Labute approximate surface area is 119 Å². The lowest BCUT2D eigenvalue weighted by Crippen LogP contribution is -2.59. The van der Waals surface area contributed by atoms with E-state index in [1.54, 1.807) is 0 Å². The van der Waals surface area contributed by atoms with Crippen molar-refractivity contribution >= 4 is 0 Å². The highest BCUT2D eigenvalue weighted by molar-refractivity contribution is 4.98. The van der Waals surface area contributed by atoms with Crippen LogP contribution < -0.4 is 5.73 Å². The molecule has 3 nitrogen and oxygen atoms in total. The van der Waals surface area contributed by atoms with E-state index in [9.17, 15) is 0 Å². The summed E-state index contributed by atoms with van der Waals surface area (Å²) in [6.45, 7) is 12.9. The molecule has 0 aliphatic carbocycles. The highest BCUT2D eigenvalue weighted by Crippen LogP contribution is 2.35. The lowest BCUT2D eigenvalue weighted by Gasteiger charge is -2.50. The summed E-state index contributed by atoms with van der Waals surface area (Å²) >= 11 is 0. The molecule has 3 atom stereocenters. The molecule has 19 heavy (non-hydrogen) atoms. The highest BCUT2D eigenvalue weighted by Gasteiger charge is 2.40. The number of nitrogens with two attached hydrogens (primary N) is 1. The smallest absolute Gasteiger partial charge is 0.0347 e. The maximum atomic E-state index is 6.26. The molecule has 0 aromatic carbocycles. The zero-order chi connectivity index (χ0) is 13.9. The quantitative estimate of drug-likeness (QED) is 0.852. The second kappa shape index (κ2) is 6.55. The van der Waals surface area contributed by atoms with E-state index in [0.717, 1.165) is 12.5 Å². The Morgan fingerprint density at radius 3 is 2.58 bits per heavy atom. The summed E-state index contributed by atoms with van der Waals surface area (Å²) in [5.74, 6) is 0.888.